The molecule has 8 heteroatoms. The number of aromatic nitrogens is 2. The summed E-state index contributed by atoms with van der Waals surface area (Å²) in [7, 11) is 1.62. The molecular weight excluding hydrogens is 352 g/mol. The summed E-state index contributed by atoms with van der Waals surface area (Å²) in [5, 5.41) is 3.39. The van der Waals surface area contributed by atoms with Crippen molar-refractivity contribution in [1.82, 2.24) is 9.97 Å². The van der Waals surface area contributed by atoms with Gasteiger partial charge in [-0.15, -0.1) is 0 Å². The number of fused-ring (bicyclic) bond motifs is 1. The van der Waals surface area contributed by atoms with Crippen LogP contribution < -0.4 is 15.0 Å². The summed E-state index contributed by atoms with van der Waals surface area (Å²) >= 11 is 1.44. The van der Waals surface area contributed by atoms with Crippen LogP contribution in [-0.2, 0) is 4.74 Å². The summed E-state index contributed by atoms with van der Waals surface area (Å²) in [5.41, 5.74) is 2.33. The molecule has 1 saturated heterocycles. The van der Waals surface area contributed by atoms with Gasteiger partial charge in [-0.1, -0.05) is 11.3 Å². The molecule has 1 amide bonds. The zero-order chi connectivity index (χ0) is 17.9. The second kappa shape index (κ2) is 7.27. The van der Waals surface area contributed by atoms with Crippen molar-refractivity contribution in [3.05, 3.63) is 42.2 Å². The number of pyridine rings is 1. The fraction of sp³-hybridized carbons (Fsp3) is 0.278. The lowest BCUT2D eigenvalue weighted by atomic mass is 10.2. The van der Waals surface area contributed by atoms with Crippen molar-refractivity contribution in [3.8, 4) is 5.75 Å². The molecule has 134 valence electrons. The lowest BCUT2D eigenvalue weighted by molar-refractivity contribution is 0.102. The van der Waals surface area contributed by atoms with E-state index in [0.717, 1.165) is 29.0 Å². The summed E-state index contributed by atoms with van der Waals surface area (Å²) in [6, 6.07) is 7.40. The Morgan fingerprint density at radius 1 is 1.31 bits per heavy atom. The van der Waals surface area contributed by atoms with Crippen LogP contribution in [0.2, 0.25) is 0 Å². The fourth-order valence-corrected chi connectivity index (χ4v) is 3.93. The molecule has 0 unspecified atom stereocenters. The molecule has 1 aliphatic heterocycles. The molecule has 1 fully saturated rings. The molecule has 0 saturated carbocycles. The number of benzene rings is 1. The van der Waals surface area contributed by atoms with Crippen LogP contribution in [0, 0.1) is 0 Å². The van der Waals surface area contributed by atoms with Crippen LogP contribution in [0.1, 0.15) is 10.4 Å². The highest BCUT2D eigenvalue weighted by molar-refractivity contribution is 7.23. The van der Waals surface area contributed by atoms with Crippen molar-refractivity contribution >= 4 is 38.3 Å². The van der Waals surface area contributed by atoms with E-state index in [1.165, 1.54) is 17.5 Å². The SMILES string of the molecule is COc1ccc(N2CCOCC2)c2sc(NC(=O)c3cccnc3)nc12. The zero-order valence-electron chi connectivity index (χ0n) is 14.3. The smallest absolute Gasteiger partial charge is 0.259 e. The van der Waals surface area contributed by atoms with E-state index in [9.17, 15) is 4.79 Å². The summed E-state index contributed by atoms with van der Waals surface area (Å²) in [5.74, 6) is 0.458. The molecule has 26 heavy (non-hydrogen) atoms. The first-order valence-corrected chi connectivity index (χ1v) is 9.09. The molecule has 3 aromatic rings. The molecule has 0 bridgehead atoms. The van der Waals surface area contributed by atoms with E-state index in [2.05, 4.69) is 20.2 Å². The first-order valence-electron chi connectivity index (χ1n) is 8.28. The van der Waals surface area contributed by atoms with Gasteiger partial charge in [0, 0.05) is 25.5 Å². The Labute approximate surface area is 154 Å². The highest BCUT2D eigenvalue weighted by Gasteiger charge is 2.20. The number of nitrogens with zero attached hydrogens (tertiary/aromatic N) is 3. The average molecular weight is 370 g/mol. The maximum Gasteiger partial charge on any atom is 0.259 e. The van der Waals surface area contributed by atoms with Crippen molar-refractivity contribution in [3.63, 3.8) is 0 Å². The molecule has 0 spiro atoms. The number of carbonyl (C=O) groups is 1. The summed E-state index contributed by atoms with van der Waals surface area (Å²) < 4.78 is 11.9. The second-order valence-corrected chi connectivity index (χ2v) is 6.78. The van der Waals surface area contributed by atoms with E-state index in [4.69, 9.17) is 9.47 Å². The first-order chi connectivity index (χ1) is 12.8. The molecule has 0 atom stereocenters. The van der Waals surface area contributed by atoms with Gasteiger partial charge in [0.15, 0.2) is 5.13 Å². The Morgan fingerprint density at radius 3 is 2.88 bits per heavy atom. The number of carbonyl (C=O) groups excluding carboxylic acids is 1. The maximum atomic E-state index is 12.4. The molecular formula is C18H18N4O3S. The van der Waals surface area contributed by atoms with Crippen LogP contribution in [0.25, 0.3) is 10.2 Å². The van der Waals surface area contributed by atoms with Crippen LogP contribution in [0.3, 0.4) is 0 Å². The van der Waals surface area contributed by atoms with Crippen molar-refractivity contribution in [2.45, 2.75) is 0 Å². The lowest BCUT2D eigenvalue weighted by Crippen LogP contribution is -2.36. The van der Waals surface area contributed by atoms with Crippen molar-refractivity contribution in [2.24, 2.45) is 0 Å². The molecule has 0 aliphatic carbocycles. The number of amides is 1. The Bertz CT molecular complexity index is 923. The summed E-state index contributed by atoms with van der Waals surface area (Å²) in [6.45, 7) is 3.07. The first kappa shape index (κ1) is 16.7. The number of morpholine rings is 1. The highest BCUT2D eigenvalue weighted by Crippen LogP contribution is 2.39. The van der Waals surface area contributed by atoms with Gasteiger partial charge in [0.1, 0.15) is 11.3 Å². The fourth-order valence-electron chi connectivity index (χ4n) is 2.91. The standard InChI is InChI=1S/C18H18N4O3S/c1-24-14-5-4-13(22-7-9-25-10-8-22)16-15(14)20-18(26-16)21-17(23)12-3-2-6-19-11-12/h2-6,11H,7-10H2,1H3,(H,20,21,23). The van der Waals surface area contributed by atoms with Gasteiger partial charge in [-0.05, 0) is 24.3 Å². The topological polar surface area (TPSA) is 76.6 Å². The number of thiazole rings is 1. The molecule has 0 radical (unpaired) electrons. The molecule has 7 nitrogen and oxygen atoms in total. The minimum absolute atomic E-state index is 0.232. The van der Waals surface area contributed by atoms with Crippen molar-refractivity contribution in [2.75, 3.05) is 43.6 Å². The van der Waals surface area contributed by atoms with Gasteiger partial charge in [-0.3, -0.25) is 15.1 Å². The minimum Gasteiger partial charge on any atom is -0.494 e. The van der Waals surface area contributed by atoms with E-state index < -0.39 is 0 Å². The predicted octanol–water partition coefficient (Wildman–Crippen LogP) is 2.79. The van der Waals surface area contributed by atoms with Gasteiger partial charge >= 0.3 is 0 Å². The summed E-state index contributed by atoms with van der Waals surface area (Å²) in [4.78, 5) is 23.2. The molecule has 3 heterocycles. The lowest BCUT2D eigenvalue weighted by Gasteiger charge is -2.29. The number of hydrogen-bond acceptors (Lipinski definition) is 7. The normalized spacial score (nSPS) is 14.4. The maximum absolute atomic E-state index is 12.4. The van der Waals surface area contributed by atoms with Gasteiger partial charge in [0.25, 0.3) is 5.91 Å². The monoisotopic (exact) mass is 370 g/mol. The van der Waals surface area contributed by atoms with E-state index >= 15 is 0 Å². The van der Waals surface area contributed by atoms with Gasteiger partial charge < -0.3 is 14.4 Å². The van der Waals surface area contributed by atoms with Gasteiger partial charge in [-0.2, -0.15) is 0 Å². The number of nitrogens with one attached hydrogen (secondary N) is 1. The number of ether oxygens (including phenoxy) is 2. The summed E-state index contributed by atoms with van der Waals surface area (Å²) in [6.07, 6.45) is 3.16. The quantitative estimate of drug-likeness (QED) is 0.761. The average Bonchev–Trinajstić information content (AvgIpc) is 3.12. The number of hydrogen-bond donors (Lipinski definition) is 1. The van der Waals surface area contributed by atoms with E-state index in [1.54, 1.807) is 25.4 Å². The Kier molecular flexibility index (Phi) is 4.68. The predicted molar refractivity (Wildman–Crippen MR) is 101 cm³/mol. The van der Waals surface area contributed by atoms with Crippen LogP contribution in [0.5, 0.6) is 5.75 Å². The third kappa shape index (κ3) is 3.21. The van der Waals surface area contributed by atoms with E-state index in [-0.39, 0.29) is 5.91 Å². The Balaban J connectivity index is 1.69. The number of anilines is 2. The van der Waals surface area contributed by atoms with Gasteiger partial charge in [0.2, 0.25) is 0 Å². The third-order valence-electron chi connectivity index (χ3n) is 4.20. The van der Waals surface area contributed by atoms with Crippen LogP contribution in [-0.4, -0.2) is 49.3 Å². The second-order valence-electron chi connectivity index (χ2n) is 5.78. The minimum atomic E-state index is -0.232. The van der Waals surface area contributed by atoms with Crippen molar-refractivity contribution < 1.29 is 14.3 Å². The molecule has 1 aromatic carbocycles. The number of methoxy groups -OCH3 is 1. The van der Waals surface area contributed by atoms with Crippen molar-refractivity contribution in [1.29, 1.82) is 0 Å². The molecule has 1 N–H and O–H groups in total. The zero-order valence-corrected chi connectivity index (χ0v) is 15.1. The van der Waals surface area contributed by atoms with Gasteiger partial charge in [-0.25, -0.2) is 4.98 Å². The molecule has 2 aromatic heterocycles. The van der Waals surface area contributed by atoms with Gasteiger partial charge in [0.05, 0.1) is 36.3 Å². The van der Waals surface area contributed by atoms with Crippen LogP contribution in [0.4, 0.5) is 10.8 Å². The largest absolute Gasteiger partial charge is 0.494 e. The Hall–Kier alpha value is -2.71. The van der Waals surface area contributed by atoms with Crippen LogP contribution >= 0.6 is 11.3 Å². The molecule has 1 aliphatic rings. The van der Waals surface area contributed by atoms with E-state index in [0.29, 0.717) is 29.7 Å². The highest BCUT2D eigenvalue weighted by atomic mass is 32.1. The molecule has 4 rings (SSSR count). The Morgan fingerprint density at radius 2 is 2.15 bits per heavy atom. The van der Waals surface area contributed by atoms with Crippen LogP contribution in [0.15, 0.2) is 36.7 Å². The van der Waals surface area contributed by atoms with E-state index in [1.807, 2.05) is 12.1 Å². The number of rotatable bonds is 4. The third-order valence-corrected chi connectivity index (χ3v) is 5.19.